The van der Waals surface area contributed by atoms with Gasteiger partial charge in [0.15, 0.2) is 5.82 Å². The van der Waals surface area contributed by atoms with E-state index in [0.717, 1.165) is 54.9 Å². The van der Waals surface area contributed by atoms with Crippen molar-refractivity contribution in [1.82, 2.24) is 35.0 Å². The number of H-pyrrole nitrogens is 1. The number of nitrogens with zero attached hydrogens (tertiary/aromatic N) is 6. The van der Waals surface area contributed by atoms with E-state index < -0.39 is 0 Å². The van der Waals surface area contributed by atoms with Crippen LogP contribution in [0.15, 0.2) is 47.3 Å². The average Bonchev–Trinajstić information content (AvgIpc) is 3.37. The second kappa shape index (κ2) is 10.3. The van der Waals surface area contributed by atoms with Crippen LogP contribution in [-0.2, 0) is 12.1 Å². The number of fused-ring (bicyclic) bond motifs is 1. The minimum Gasteiger partial charge on any atom is -0.497 e. The van der Waals surface area contributed by atoms with Gasteiger partial charge >= 0.3 is 0 Å². The van der Waals surface area contributed by atoms with E-state index in [1.807, 2.05) is 28.9 Å². The second-order valence-electron chi connectivity index (χ2n) is 11.3. The van der Waals surface area contributed by atoms with Crippen molar-refractivity contribution in [2.24, 2.45) is 0 Å². The Bertz CT molecular complexity index is 1490. The molecule has 0 aliphatic carbocycles. The summed E-state index contributed by atoms with van der Waals surface area (Å²) >= 11 is 0. The van der Waals surface area contributed by atoms with Crippen molar-refractivity contribution in [3.63, 3.8) is 0 Å². The molecule has 9 heteroatoms. The smallest absolute Gasteiger partial charge is 0.253 e. The Labute approximate surface area is 223 Å². The fraction of sp³-hybridized carbons (Fsp3) is 0.448. The number of ether oxygens (including phenoxy) is 1. The van der Waals surface area contributed by atoms with Gasteiger partial charge in [0.25, 0.3) is 5.56 Å². The Morgan fingerprint density at radius 1 is 1.03 bits per heavy atom. The van der Waals surface area contributed by atoms with Crippen LogP contribution in [0.2, 0.25) is 0 Å². The monoisotopic (exact) mass is 515 g/mol. The highest BCUT2D eigenvalue weighted by molar-refractivity contribution is 5.81. The van der Waals surface area contributed by atoms with Gasteiger partial charge in [-0.15, -0.1) is 5.10 Å². The topological polar surface area (TPSA) is 92.2 Å². The summed E-state index contributed by atoms with van der Waals surface area (Å²) in [6.45, 7) is 14.6. The highest BCUT2D eigenvalue weighted by Crippen LogP contribution is 2.31. The summed E-state index contributed by atoms with van der Waals surface area (Å²) < 4.78 is 7.25. The van der Waals surface area contributed by atoms with Crippen LogP contribution in [0.25, 0.3) is 10.9 Å². The number of rotatable bonds is 6. The van der Waals surface area contributed by atoms with Crippen LogP contribution in [0.1, 0.15) is 54.9 Å². The maximum Gasteiger partial charge on any atom is 0.253 e. The van der Waals surface area contributed by atoms with E-state index in [0.29, 0.717) is 11.4 Å². The third-order valence-corrected chi connectivity index (χ3v) is 7.47. The first-order valence-corrected chi connectivity index (χ1v) is 13.2. The molecule has 0 spiro atoms. The molecule has 1 aliphatic heterocycles. The number of aromatic nitrogens is 5. The molecule has 1 saturated heterocycles. The van der Waals surface area contributed by atoms with Crippen LogP contribution < -0.4 is 10.3 Å². The lowest BCUT2D eigenvalue weighted by atomic mass is 9.99. The van der Waals surface area contributed by atoms with Gasteiger partial charge in [-0.25, -0.2) is 4.68 Å². The maximum absolute atomic E-state index is 13.6. The molecule has 1 fully saturated rings. The summed E-state index contributed by atoms with van der Waals surface area (Å²) in [5.41, 5.74) is 4.65. The van der Waals surface area contributed by atoms with Gasteiger partial charge in [-0.3, -0.25) is 14.6 Å². The number of aromatic amines is 1. The lowest BCUT2D eigenvalue weighted by Crippen LogP contribution is -2.49. The molecule has 9 nitrogen and oxygen atoms in total. The SMILES string of the molecule is COc1cccc(CN2CCN([C@@H](c3cc4cc(C)c(C)cc4[nH]c3=O)c3nnnn3C(C)(C)C)CC2)c1. The predicted octanol–water partition coefficient (Wildman–Crippen LogP) is 3.80. The van der Waals surface area contributed by atoms with E-state index in [2.05, 4.69) is 83.1 Å². The van der Waals surface area contributed by atoms with Gasteiger partial charge in [-0.05, 0) is 97.5 Å². The van der Waals surface area contributed by atoms with Crippen molar-refractivity contribution in [3.8, 4) is 5.75 Å². The van der Waals surface area contributed by atoms with Gasteiger partial charge in [0.05, 0.1) is 12.6 Å². The van der Waals surface area contributed by atoms with E-state index in [4.69, 9.17) is 4.74 Å². The van der Waals surface area contributed by atoms with E-state index in [1.165, 1.54) is 11.1 Å². The summed E-state index contributed by atoms with van der Waals surface area (Å²) in [5, 5.41) is 13.9. The zero-order valence-corrected chi connectivity index (χ0v) is 23.2. The molecule has 4 aromatic rings. The highest BCUT2D eigenvalue weighted by atomic mass is 16.5. The van der Waals surface area contributed by atoms with Crippen LogP contribution in [-0.4, -0.2) is 68.3 Å². The molecular weight excluding hydrogens is 478 g/mol. The number of hydrogen-bond acceptors (Lipinski definition) is 7. The molecular formula is C29H37N7O2. The fourth-order valence-corrected chi connectivity index (χ4v) is 5.25. The molecule has 2 aromatic carbocycles. The molecule has 0 unspecified atom stereocenters. The van der Waals surface area contributed by atoms with E-state index in [9.17, 15) is 4.79 Å². The molecule has 1 aliphatic rings. The standard InChI is InChI=1S/C29H37N7O2/c1-19-14-22-17-24(28(37)30-25(22)15-20(19)2)26(27-31-32-33-36(27)29(3,4)5)35-12-10-34(11-13-35)18-21-8-7-9-23(16-21)38-6/h7-9,14-17,26H,10-13,18H2,1-6H3,(H,30,37)/t26-/m0/s1. The summed E-state index contributed by atoms with van der Waals surface area (Å²) in [6, 6.07) is 14.1. The number of nitrogens with one attached hydrogen (secondary N) is 1. The zero-order valence-electron chi connectivity index (χ0n) is 23.2. The molecule has 2 aromatic heterocycles. The van der Waals surface area contributed by atoms with Crippen LogP contribution >= 0.6 is 0 Å². The van der Waals surface area contributed by atoms with Crippen LogP contribution in [0.3, 0.4) is 0 Å². The molecule has 0 amide bonds. The van der Waals surface area contributed by atoms with Crippen LogP contribution in [0.5, 0.6) is 5.75 Å². The minimum atomic E-state index is -0.363. The number of piperazine rings is 1. The van der Waals surface area contributed by atoms with Crippen LogP contribution in [0, 0.1) is 13.8 Å². The van der Waals surface area contributed by atoms with Gasteiger partial charge in [0.2, 0.25) is 0 Å². The van der Waals surface area contributed by atoms with Gasteiger partial charge in [-0.2, -0.15) is 0 Å². The Hall–Kier alpha value is -3.56. The minimum absolute atomic E-state index is 0.104. The molecule has 5 rings (SSSR count). The third-order valence-electron chi connectivity index (χ3n) is 7.47. The first-order chi connectivity index (χ1) is 18.1. The molecule has 0 bridgehead atoms. The number of aryl methyl sites for hydroxylation is 2. The summed E-state index contributed by atoms with van der Waals surface area (Å²) in [7, 11) is 1.69. The van der Waals surface area contributed by atoms with E-state index in [1.54, 1.807) is 7.11 Å². The summed E-state index contributed by atoms with van der Waals surface area (Å²) in [5.74, 6) is 1.56. The van der Waals surface area contributed by atoms with Crippen molar-refractivity contribution in [2.75, 3.05) is 33.3 Å². The predicted molar refractivity (Wildman–Crippen MR) is 149 cm³/mol. The highest BCUT2D eigenvalue weighted by Gasteiger charge is 2.35. The third kappa shape index (κ3) is 5.21. The lowest BCUT2D eigenvalue weighted by molar-refractivity contribution is 0.0975. The van der Waals surface area contributed by atoms with E-state index >= 15 is 0 Å². The van der Waals surface area contributed by atoms with Crippen molar-refractivity contribution >= 4 is 10.9 Å². The molecule has 0 radical (unpaired) electrons. The van der Waals surface area contributed by atoms with Gasteiger partial charge in [-0.1, -0.05) is 12.1 Å². The molecule has 3 heterocycles. The van der Waals surface area contributed by atoms with E-state index in [-0.39, 0.29) is 17.1 Å². The number of hydrogen-bond donors (Lipinski definition) is 1. The van der Waals surface area contributed by atoms with Gasteiger partial charge in [0.1, 0.15) is 11.8 Å². The zero-order chi connectivity index (χ0) is 27.0. The Balaban J connectivity index is 1.49. The Morgan fingerprint density at radius 3 is 2.47 bits per heavy atom. The Morgan fingerprint density at radius 2 is 1.76 bits per heavy atom. The summed E-state index contributed by atoms with van der Waals surface area (Å²) in [4.78, 5) is 21.5. The second-order valence-corrected chi connectivity index (χ2v) is 11.3. The van der Waals surface area contributed by atoms with Crippen LogP contribution in [0.4, 0.5) is 0 Å². The van der Waals surface area contributed by atoms with Crippen molar-refractivity contribution < 1.29 is 4.74 Å². The molecule has 1 N–H and O–H groups in total. The quantitative estimate of drug-likeness (QED) is 0.418. The first-order valence-electron chi connectivity index (χ1n) is 13.2. The number of pyridine rings is 1. The molecule has 1 atom stereocenters. The largest absolute Gasteiger partial charge is 0.497 e. The number of tetrazole rings is 1. The van der Waals surface area contributed by atoms with Crippen molar-refractivity contribution in [3.05, 3.63) is 80.9 Å². The molecule has 38 heavy (non-hydrogen) atoms. The number of methoxy groups -OCH3 is 1. The van der Waals surface area contributed by atoms with Crippen molar-refractivity contribution in [2.45, 2.75) is 52.7 Å². The lowest BCUT2D eigenvalue weighted by Gasteiger charge is -2.39. The van der Waals surface area contributed by atoms with Gasteiger partial charge < -0.3 is 9.72 Å². The van der Waals surface area contributed by atoms with Gasteiger partial charge in [0, 0.05) is 43.8 Å². The first kappa shape index (κ1) is 26.1. The normalized spacial score (nSPS) is 16.2. The fourth-order valence-electron chi connectivity index (χ4n) is 5.25. The summed E-state index contributed by atoms with van der Waals surface area (Å²) in [6.07, 6.45) is 0. The maximum atomic E-state index is 13.6. The van der Waals surface area contributed by atoms with Crippen molar-refractivity contribution in [1.29, 1.82) is 0 Å². The molecule has 0 saturated carbocycles. The molecule has 200 valence electrons. The number of benzene rings is 2. The average molecular weight is 516 g/mol. The Kier molecular flexibility index (Phi) is 7.07.